The highest BCUT2D eigenvalue weighted by atomic mass is 16.5. The fourth-order valence-corrected chi connectivity index (χ4v) is 8.49. The Balaban J connectivity index is 1.78. The Morgan fingerprint density at radius 1 is 1.26 bits per heavy atom. The van der Waals surface area contributed by atoms with E-state index >= 15 is 0 Å². The number of hydrogen-bond acceptors (Lipinski definition) is 4. The molecule has 3 saturated carbocycles. The molecule has 4 aliphatic carbocycles. The van der Waals surface area contributed by atoms with Crippen molar-refractivity contribution in [3.05, 3.63) is 11.6 Å². The van der Waals surface area contributed by atoms with Gasteiger partial charge in [0.05, 0.1) is 17.6 Å². The van der Waals surface area contributed by atoms with Gasteiger partial charge in [-0.15, -0.1) is 0 Å². The molecule has 2 N–H and O–H groups in total. The van der Waals surface area contributed by atoms with Crippen molar-refractivity contribution >= 4 is 12.3 Å². The van der Waals surface area contributed by atoms with Gasteiger partial charge in [0.25, 0.3) is 0 Å². The molecular weight excluding hydrogens is 392 g/mol. The van der Waals surface area contributed by atoms with Crippen molar-refractivity contribution < 1.29 is 24.5 Å². The number of carbonyl (C=O) groups excluding carboxylic acids is 1. The number of aldehydes is 1. The molecule has 3 unspecified atom stereocenters. The normalized spacial score (nSPS) is 45.1. The lowest BCUT2D eigenvalue weighted by Crippen LogP contribution is -2.64. The SMILES string of the molecule is CCCCCCOCC12C[C@H]3[C@@H](CC[C@]3(C)O)C3(C=O)CC1C=C(C(C)C)[C@@]23C(=O)O. The van der Waals surface area contributed by atoms with Gasteiger partial charge in [-0.3, -0.25) is 4.79 Å². The predicted octanol–water partition coefficient (Wildman–Crippen LogP) is 4.62. The molecule has 3 fully saturated rings. The van der Waals surface area contributed by atoms with E-state index < -0.39 is 27.8 Å². The van der Waals surface area contributed by atoms with Crippen LogP contribution >= 0.6 is 0 Å². The Labute approximate surface area is 186 Å². The zero-order valence-corrected chi connectivity index (χ0v) is 19.7. The molecule has 0 amide bonds. The van der Waals surface area contributed by atoms with E-state index in [0.29, 0.717) is 32.5 Å². The van der Waals surface area contributed by atoms with Crippen LogP contribution in [0.3, 0.4) is 0 Å². The number of aliphatic hydroxyl groups is 1. The van der Waals surface area contributed by atoms with Gasteiger partial charge < -0.3 is 19.7 Å². The van der Waals surface area contributed by atoms with Gasteiger partial charge in [-0.1, -0.05) is 51.7 Å². The molecule has 0 aromatic carbocycles. The number of unbranched alkanes of at least 4 members (excludes halogenated alkanes) is 3. The van der Waals surface area contributed by atoms with Crippen LogP contribution in [0.2, 0.25) is 0 Å². The summed E-state index contributed by atoms with van der Waals surface area (Å²) in [5, 5.41) is 22.1. The Morgan fingerprint density at radius 2 is 2.00 bits per heavy atom. The Kier molecular flexibility index (Phi) is 5.70. The summed E-state index contributed by atoms with van der Waals surface area (Å²) in [7, 11) is 0. The van der Waals surface area contributed by atoms with Crippen LogP contribution in [0.4, 0.5) is 0 Å². The summed E-state index contributed by atoms with van der Waals surface area (Å²) in [5.41, 5.74) is -2.76. The monoisotopic (exact) mass is 432 g/mol. The predicted molar refractivity (Wildman–Crippen MR) is 118 cm³/mol. The van der Waals surface area contributed by atoms with E-state index in [-0.39, 0.29) is 23.7 Å². The first kappa shape index (κ1) is 23.0. The second-order valence-electron chi connectivity index (χ2n) is 11.4. The van der Waals surface area contributed by atoms with Gasteiger partial charge in [-0.25, -0.2) is 0 Å². The molecule has 31 heavy (non-hydrogen) atoms. The highest BCUT2D eigenvalue weighted by Crippen LogP contribution is 2.82. The largest absolute Gasteiger partial charge is 0.481 e. The van der Waals surface area contributed by atoms with Gasteiger partial charge in [0.15, 0.2) is 0 Å². The topological polar surface area (TPSA) is 83.8 Å². The molecule has 4 rings (SSSR count). The number of fused-ring (bicyclic) bond motifs is 2. The Hall–Kier alpha value is -1.20. The fraction of sp³-hybridized carbons (Fsp3) is 0.846. The molecule has 5 nitrogen and oxygen atoms in total. The zero-order chi connectivity index (χ0) is 22.7. The van der Waals surface area contributed by atoms with Gasteiger partial charge in [0, 0.05) is 12.0 Å². The van der Waals surface area contributed by atoms with Crippen molar-refractivity contribution in [1.29, 1.82) is 0 Å². The van der Waals surface area contributed by atoms with E-state index in [1.165, 1.54) is 6.42 Å². The maximum absolute atomic E-state index is 13.3. The maximum atomic E-state index is 13.3. The highest BCUT2D eigenvalue weighted by Gasteiger charge is 2.85. The molecule has 5 heteroatoms. The molecule has 4 aliphatic rings. The van der Waals surface area contributed by atoms with Crippen molar-refractivity contribution in [2.24, 2.45) is 39.9 Å². The summed E-state index contributed by atoms with van der Waals surface area (Å²) in [6.45, 7) is 9.14. The number of allylic oxidation sites excluding steroid dienone is 1. The molecule has 4 bridgehead atoms. The third-order valence-electron chi connectivity index (χ3n) is 9.67. The molecule has 7 atom stereocenters. The smallest absolute Gasteiger partial charge is 0.315 e. The van der Waals surface area contributed by atoms with Crippen molar-refractivity contribution in [2.45, 2.75) is 84.7 Å². The minimum atomic E-state index is -1.22. The molecule has 0 aliphatic heterocycles. The number of hydrogen-bond donors (Lipinski definition) is 2. The first-order valence-corrected chi connectivity index (χ1v) is 12.4. The number of carboxylic acid groups (broad SMARTS) is 1. The summed E-state index contributed by atoms with van der Waals surface area (Å²) < 4.78 is 6.24. The lowest BCUT2D eigenvalue weighted by Gasteiger charge is -2.58. The van der Waals surface area contributed by atoms with Crippen molar-refractivity contribution in [3.8, 4) is 0 Å². The van der Waals surface area contributed by atoms with E-state index in [4.69, 9.17) is 4.74 Å². The second-order valence-corrected chi connectivity index (χ2v) is 11.4. The van der Waals surface area contributed by atoms with Crippen LogP contribution in [0.5, 0.6) is 0 Å². The maximum Gasteiger partial charge on any atom is 0.315 e. The molecule has 0 heterocycles. The van der Waals surface area contributed by atoms with Crippen LogP contribution in [0.15, 0.2) is 11.6 Å². The lowest BCUT2D eigenvalue weighted by molar-refractivity contribution is -0.192. The number of ether oxygens (including phenoxy) is 1. The van der Waals surface area contributed by atoms with Crippen molar-refractivity contribution in [3.63, 3.8) is 0 Å². The number of carbonyl (C=O) groups is 2. The van der Waals surface area contributed by atoms with Crippen LogP contribution in [-0.4, -0.2) is 41.3 Å². The quantitative estimate of drug-likeness (QED) is 0.299. The Morgan fingerprint density at radius 3 is 2.61 bits per heavy atom. The summed E-state index contributed by atoms with van der Waals surface area (Å²) >= 11 is 0. The van der Waals surface area contributed by atoms with Gasteiger partial charge in [0.2, 0.25) is 0 Å². The van der Waals surface area contributed by atoms with E-state index in [1.807, 2.05) is 20.8 Å². The molecule has 0 radical (unpaired) electrons. The number of carboxylic acids is 1. The van der Waals surface area contributed by atoms with Crippen molar-refractivity contribution in [1.82, 2.24) is 0 Å². The van der Waals surface area contributed by atoms with E-state index in [1.54, 1.807) is 0 Å². The first-order chi connectivity index (χ1) is 14.6. The van der Waals surface area contributed by atoms with Gasteiger partial charge in [0.1, 0.15) is 11.7 Å². The summed E-state index contributed by atoms with van der Waals surface area (Å²) in [6, 6.07) is 0. The molecular formula is C26H40O5. The average molecular weight is 433 g/mol. The zero-order valence-electron chi connectivity index (χ0n) is 19.7. The van der Waals surface area contributed by atoms with Crippen LogP contribution in [0, 0.1) is 39.9 Å². The van der Waals surface area contributed by atoms with Crippen LogP contribution in [0.25, 0.3) is 0 Å². The van der Waals surface area contributed by atoms with Crippen LogP contribution in [0.1, 0.15) is 79.1 Å². The summed E-state index contributed by atoms with van der Waals surface area (Å²) in [4.78, 5) is 26.2. The van der Waals surface area contributed by atoms with E-state index in [0.717, 1.165) is 37.5 Å². The van der Waals surface area contributed by atoms with Crippen molar-refractivity contribution in [2.75, 3.05) is 13.2 Å². The minimum absolute atomic E-state index is 0.0169. The molecule has 174 valence electrons. The lowest BCUT2D eigenvalue weighted by atomic mass is 9.42. The number of aliphatic carboxylic acids is 1. The first-order valence-electron chi connectivity index (χ1n) is 12.4. The van der Waals surface area contributed by atoms with Crippen LogP contribution < -0.4 is 0 Å². The molecule has 0 spiro atoms. The minimum Gasteiger partial charge on any atom is -0.481 e. The highest BCUT2D eigenvalue weighted by molar-refractivity contribution is 5.90. The van der Waals surface area contributed by atoms with E-state index in [2.05, 4.69) is 13.0 Å². The summed E-state index contributed by atoms with van der Waals surface area (Å²) in [6.07, 6.45) is 10.2. The van der Waals surface area contributed by atoms with Gasteiger partial charge in [-0.05, 0) is 62.7 Å². The third-order valence-corrected chi connectivity index (χ3v) is 9.67. The molecule has 0 aromatic heterocycles. The molecule has 0 saturated heterocycles. The van der Waals surface area contributed by atoms with Gasteiger partial charge in [-0.2, -0.15) is 0 Å². The number of rotatable bonds is 10. The van der Waals surface area contributed by atoms with Crippen LogP contribution in [-0.2, 0) is 14.3 Å². The standard InChI is InChI=1S/C26H40O5/c1-5-6-7-8-11-31-16-25-14-21-19(9-10-23(21,4)30)24(15-27)13-18(25)12-20(17(2)3)26(24,25)22(28)29/h12,15,17-19,21,30H,5-11,13-14,16H2,1-4H3,(H,28,29)/t18?,19-,21+,23+,24?,25?,26+/m1/s1. The summed E-state index contributed by atoms with van der Waals surface area (Å²) in [5.74, 6) is -0.925. The third kappa shape index (κ3) is 2.75. The van der Waals surface area contributed by atoms with E-state index in [9.17, 15) is 19.8 Å². The second kappa shape index (κ2) is 7.69. The van der Waals surface area contributed by atoms with Gasteiger partial charge >= 0.3 is 5.97 Å². The Bertz CT molecular complexity index is 770. The molecule has 0 aromatic rings. The average Bonchev–Trinajstić information content (AvgIpc) is 3.24. The fourth-order valence-electron chi connectivity index (χ4n) is 8.49.